The Morgan fingerprint density at radius 1 is 1.24 bits per heavy atom. The molecule has 1 aliphatic rings. The first-order chi connectivity index (χ1) is 18.0. The van der Waals surface area contributed by atoms with Gasteiger partial charge in [-0.05, 0) is 67.6 Å². The van der Waals surface area contributed by atoms with E-state index in [1.807, 2.05) is 13.0 Å². The molecule has 2 aromatic heterocycles. The Bertz CT molecular complexity index is 1370. The maximum absolute atomic E-state index is 13.7. The van der Waals surface area contributed by atoms with E-state index in [2.05, 4.69) is 15.4 Å². The molecule has 1 unspecified atom stereocenters. The third-order valence-corrected chi connectivity index (χ3v) is 6.90. The maximum Gasteiger partial charge on any atom is 0.325 e. The lowest BCUT2D eigenvalue weighted by Crippen LogP contribution is -2.70. The zero-order valence-electron chi connectivity index (χ0n) is 22.1. The van der Waals surface area contributed by atoms with Crippen molar-refractivity contribution in [3.05, 3.63) is 70.9 Å². The summed E-state index contributed by atoms with van der Waals surface area (Å²) >= 11 is 0. The number of halogens is 1. The summed E-state index contributed by atoms with van der Waals surface area (Å²) in [5.74, 6) is -1.69. The summed E-state index contributed by atoms with van der Waals surface area (Å²) in [5, 5.41) is 6.98. The average molecular weight is 522 g/mol. The predicted octanol–water partition coefficient (Wildman–Crippen LogP) is 3.05. The molecule has 3 heterocycles. The number of aromatic nitrogens is 3. The van der Waals surface area contributed by atoms with Gasteiger partial charge in [0, 0.05) is 26.0 Å². The van der Waals surface area contributed by atoms with Gasteiger partial charge in [-0.3, -0.25) is 19.2 Å². The van der Waals surface area contributed by atoms with Crippen LogP contribution in [-0.2, 0) is 23.1 Å². The largest absolute Gasteiger partial charge is 0.384 e. The van der Waals surface area contributed by atoms with E-state index < -0.39 is 35.8 Å². The van der Waals surface area contributed by atoms with Crippen LogP contribution in [-0.4, -0.2) is 50.6 Å². The molecule has 3 N–H and O–H groups in total. The van der Waals surface area contributed by atoms with E-state index >= 15 is 0 Å². The van der Waals surface area contributed by atoms with Gasteiger partial charge in [-0.2, -0.15) is 5.10 Å². The second-order valence-electron chi connectivity index (χ2n) is 9.69. The number of aryl methyl sites for hydroxylation is 3. The zero-order valence-corrected chi connectivity index (χ0v) is 22.1. The van der Waals surface area contributed by atoms with E-state index in [1.54, 1.807) is 51.0 Å². The van der Waals surface area contributed by atoms with E-state index in [1.165, 1.54) is 23.2 Å². The zero-order chi connectivity index (χ0) is 27.7. The number of likely N-dealkylation sites (tertiary alicyclic amines) is 1. The second kappa shape index (κ2) is 10.6. The fourth-order valence-corrected chi connectivity index (χ4v) is 4.95. The first kappa shape index (κ1) is 26.8. The number of benzene rings is 1. The third kappa shape index (κ3) is 5.22. The number of pyridine rings is 1. The van der Waals surface area contributed by atoms with Gasteiger partial charge in [0.2, 0.25) is 5.91 Å². The lowest BCUT2D eigenvalue weighted by molar-refractivity contribution is -0.156. The second-order valence-corrected chi connectivity index (χ2v) is 9.69. The summed E-state index contributed by atoms with van der Waals surface area (Å²) in [7, 11) is 3.32. The summed E-state index contributed by atoms with van der Waals surface area (Å²) in [4.78, 5) is 47.0. The number of nitrogens with one attached hydrogen (secondary N) is 1. The van der Waals surface area contributed by atoms with Crippen molar-refractivity contribution in [3.63, 3.8) is 0 Å². The molecule has 10 nitrogen and oxygen atoms in total. The van der Waals surface area contributed by atoms with Crippen molar-refractivity contribution in [1.29, 1.82) is 0 Å². The van der Waals surface area contributed by atoms with Gasteiger partial charge in [-0.1, -0.05) is 13.0 Å². The van der Waals surface area contributed by atoms with Gasteiger partial charge < -0.3 is 16.0 Å². The lowest BCUT2D eigenvalue weighted by atomic mass is 9.81. The number of rotatable bonds is 7. The molecule has 11 heteroatoms. The highest BCUT2D eigenvalue weighted by molar-refractivity contribution is 6.12. The van der Waals surface area contributed by atoms with E-state index in [0.717, 1.165) is 16.0 Å². The molecule has 38 heavy (non-hydrogen) atoms. The molecule has 4 amide bonds. The fourth-order valence-electron chi connectivity index (χ4n) is 4.95. The molecule has 0 spiro atoms. The number of hydrogen-bond acceptors (Lipinski definition) is 6. The van der Waals surface area contributed by atoms with Crippen LogP contribution in [0.25, 0.3) is 0 Å². The average Bonchev–Trinajstić information content (AvgIpc) is 3.29. The highest BCUT2D eigenvalue weighted by Crippen LogP contribution is 2.34. The van der Waals surface area contributed by atoms with Crippen LogP contribution in [0.4, 0.5) is 20.7 Å². The summed E-state index contributed by atoms with van der Waals surface area (Å²) in [6.45, 7) is 5.43. The van der Waals surface area contributed by atoms with E-state index in [-0.39, 0.29) is 12.2 Å². The molecule has 1 fully saturated rings. The number of hydrogen-bond donors (Lipinski definition) is 2. The number of imide groups is 1. The molecule has 4 rings (SSSR count). The topological polar surface area (TPSA) is 126 Å². The molecule has 1 saturated heterocycles. The van der Waals surface area contributed by atoms with Gasteiger partial charge in [-0.25, -0.2) is 14.2 Å². The molecular formula is C27H32FN7O3. The van der Waals surface area contributed by atoms with Crippen LogP contribution in [0.1, 0.15) is 41.8 Å². The normalized spacial score (nSPS) is 17.6. The summed E-state index contributed by atoms with van der Waals surface area (Å²) in [6.07, 6.45) is 3.94. The number of carbonyl (C=O) groups excluding carboxylic acids is 3. The SMILES string of the molecule is CCC(NC(=O)N1C(=O)[C@H](Cc2cc(C)nc(N)c2)[C@H]1C(=O)N(C)c1cnn(C)c1)c1ccc(F)cc1C. The van der Waals surface area contributed by atoms with Crippen LogP contribution >= 0.6 is 0 Å². The van der Waals surface area contributed by atoms with Gasteiger partial charge in [0.05, 0.1) is 23.8 Å². The van der Waals surface area contributed by atoms with Crippen LogP contribution in [0.5, 0.6) is 0 Å². The highest BCUT2D eigenvalue weighted by atomic mass is 19.1. The highest BCUT2D eigenvalue weighted by Gasteiger charge is 2.55. The van der Waals surface area contributed by atoms with Crippen molar-refractivity contribution in [3.8, 4) is 0 Å². The van der Waals surface area contributed by atoms with Crippen LogP contribution in [0.2, 0.25) is 0 Å². The molecule has 1 aliphatic heterocycles. The Morgan fingerprint density at radius 2 is 1.97 bits per heavy atom. The molecular weight excluding hydrogens is 489 g/mol. The summed E-state index contributed by atoms with van der Waals surface area (Å²) < 4.78 is 15.2. The Hall–Kier alpha value is -4.28. The van der Waals surface area contributed by atoms with Gasteiger partial charge >= 0.3 is 6.03 Å². The lowest BCUT2D eigenvalue weighted by Gasteiger charge is -2.46. The first-order valence-corrected chi connectivity index (χ1v) is 12.4. The van der Waals surface area contributed by atoms with Gasteiger partial charge in [0.25, 0.3) is 5.91 Å². The number of nitrogen functional groups attached to an aromatic ring is 1. The van der Waals surface area contributed by atoms with E-state index in [9.17, 15) is 18.8 Å². The van der Waals surface area contributed by atoms with E-state index in [4.69, 9.17) is 5.73 Å². The Balaban J connectivity index is 1.62. The standard InChI is InChI=1S/C27H32FN7O3/c1-6-22(20-8-7-18(28)9-15(20)2)32-27(38)35-24(26(37)34(5)19-13-30-33(4)14-19)21(25(35)36)11-17-10-16(3)31-23(29)12-17/h7-10,12-14,21-22,24H,6,11H2,1-5H3,(H2,29,31)(H,32,38)/t21-,22?,24+/m1/s1. The monoisotopic (exact) mass is 521 g/mol. The molecule has 0 aliphatic carbocycles. The Labute approximate surface area is 220 Å². The third-order valence-electron chi connectivity index (χ3n) is 6.90. The number of likely N-dealkylation sites (N-methyl/N-ethyl adjacent to an activating group) is 1. The van der Waals surface area contributed by atoms with Crippen LogP contribution in [0, 0.1) is 25.6 Å². The number of urea groups is 1. The molecule has 0 bridgehead atoms. The minimum Gasteiger partial charge on any atom is -0.384 e. The number of anilines is 2. The molecule has 3 aromatic rings. The molecule has 3 atom stereocenters. The van der Waals surface area contributed by atoms with Crippen molar-refractivity contribution in [2.24, 2.45) is 13.0 Å². The number of nitrogens with zero attached hydrogens (tertiary/aromatic N) is 5. The van der Waals surface area contributed by atoms with Gasteiger partial charge in [0.1, 0.15) is 17.7 Å². The van der Waals surface area contributed by atoms with Crippen LogP contribution in [0.15, 0.2) is 42.7 Å². The number of nitrogens with two attached hydrogens (primary N) is 1. The number of β-lactam (4-membered cyclic amide) rings is 1. The van der Waals surface area contributed by atoms with Crippen LogP contribution in [0.3, 0.4) is 0 Å². The van der Waals surface area contributed by atoms with Gasteiger partial charge in [-0.15, -0.1) is 0 Å². The minimum absolute atomic E-state index is 0.224. The fraction of sp³-hybridized carbons (Fsp3) is 0.370. The first-order valence-electron chi connectivity index (χ1n) is 12.4. The predicted molar refractivity (Wildman–Crippen MR) is 141 cm³/mol. The Kier molecular flexibility index (Phi) is 7.47. The minimum atomic E-state index is -1.03. The number of amides is 4. The smallest absolute Gasteiger partial charge is 0.325 e. The molecule has 200 valence electrons. The van der Waals surface area contributed by atoms with Crippen LogP contribution < -0.4 is 16.0 Å². The number of carbonyl (C=O) groups is 3. The van der Waals surface area contributed by atoms with Crippen molar-refractivity contribution in [2.75, 3.05) is 17.7 Å². The maximum atomic E-state index is 13.7. The summed E-state index contributed by atoms with van der Waals surface area (Å²) in [5.41, 5.74) is 9.30. The summed E-state index contributed by atoms with van der Waals surface area (Å²) in [6, 6.07) is 5.65. The van der Waals surface area contributed by atoms with Crippen molar-refractivity contribution in [1.82, 2.24) is 25.0 Å². The van der Waals surface area contributed by atoms with Crippen molar-refractivity contribution < 1.29 is 18.8 Å². The van der Waals surface area contributed by atoms with Crippen molar-refractivity contribution in [2.45, 2.75) is 45.7 Å². The van der Waals surface area contributed by atoms with Gasteiger partial charge in [0.15, 0.2) is 0 Å². The molecule has 0 saturated carbocycles. The quantitative estimate of drug-likeness (QED) is 0.460. The van der Waals surface area contributed by atoms with E-state index in [0.29, 0.717) is 29.2 Å². The molecule has 0 radical (unpaired) electrons. The molecule has 1 aromatic carbocycles. The van der Waals surface area contributed by atoms with Crippen molar-refractivity contribution >= 4 is 29.4 Å². The Morgan fingerprint density at radius 3 is 2.58 bits per heavy atom.